The van der Waals surface area contributed by atoms with Gasteiger partial charge in [-0.3, -0.25) is 10.1 Å². The molecule has 0 saturated carbocycles. The predicted molar refractivity (Wildman–Crippen MR) is 95.3 cm³/mol. The van der Waals surface area contributed by atoms with Gasteiger partial charge < -0.3 is 13.9 Å². The van der Waals surface area contributed by atoms with Gasteiger partial charge in [-0.2, -0.15) is 0 Å². The fourth-order valence-electron chi connectivity index (χ4n) is 2.22. The number of oxazole rings is 1. The van der Waals surface area contributed by atoms with Crippen molar-refractivity contribution in [2.45, 2.75) is 13.0 Å². The molecule has 7 nitrogen and oxygen atoms in total. The molecule has 0 N–H and O–H groups in total. The van der Waals surface area contributed by atoms with Gasteiger partial charge in [-0.15, -0.1) is 0 Å². The Morgan fingerprint density at radius 1 is 1.20 bits per heavy atom. The van der Waals surface area contributed by atoms with Crippen LogP contribution in [0.15, 0.2) is 46.9 Å². The third-order valence-corrected chi connectivity index (χ3v) is 3.91. The maximum Gasteiger partial charge on any atom is 0.273 e. The van der Waals surface area contributed by atoms with Gasteiger partial charge in [0.15, 0.2) is 17.7 Å². The maximum atomic E-state index is 10.8. The van der Waals surface area contributed by atoms with Crippen LogP contribution >= 0.6 is 15.9 Å². The quantitative estimate of drug-likeness (QED) is 0.237. The Balaban J connectivity index is 1.73. The number of hydrogen-bond donors (Lipinski definition) is 0. The molecule has 1 heterocycles. The summed E-state index contributed by atoms with van der Waals surface area (Å²) in [6.07, 6.45) is 0.886. The zero-order valence-electron chi connectivity index (χ0n) is 13.2. The minimum absolute atomic E-state index is 0.0301. The van der Waals surface area contributed by atoms with Gasteiger partial charge in [0.1, 0.15) is 11.5 Å². The van der Waals surface area contributed by atoms with E-state index >= 15 is 0 Å². The number of benzene rings is 2. The number of nitro benzene ring substituents is 1. The molecule has 0 spiro atoms. The highest BCUT2D eigenvalue weighted by molar-refractivity contribution is 9.09. The Bertz CT molecular complexity index is 880. The number of halogens is 1. The van der Waals surface area contributed by atoms with E-state index in [0.29, 0.717) is 35.1 Å². The smallest absolute Gasteiger partial charge is 0.273 e. The molecule has 0 amide bonds. The maximum absolute atomic E-state index is 10.8. The Morgan fingerprint density at radius 3 is 2.84 bits per heavy atom. The summed E-state index contributed by atoms with van der Waals surface area (Å²) in [6, 6.07) is 11.4. The number of aromatic nitrogens is 1. The zero-order valence-corrected chi connectivity index (χ0v) is 14.8. The summed E-state index contributed by atoms with van der Waals surface area (Å²) in [6.45, 7) is 0.646. The molecule has 0 saturated heterocycles. The second-order valence-electron chi connectivity index (χ2n) is 5.14. The average molecular weight is 407 g/mol. The lowest BCUT2D eigenvalue weighted by Crippen LogP contribution is -1.98. The molecule has 25 heavy (non-hydrogen) atoms. The molecule has 0 atom stereocenters. The molecule has 0 radical (unpaired) electrons. The summed E-state index contributed by atoms with van der Waals surface area (Å²) in [5.41, 5.74) is 1.21. The molecule has 2 aromatic carbocycles. The zero-order chi connectivity index (χ0) is 17.6. The van der Waals surface area contributed by atoms with Crippen LogP contribution in [-0.4, -0.2) is 21.8 Å². The summed E-state index contributed by atoms with van der Waals surface area (Å²) in [5.74, 6) is 1.41. The summed E-state index contributed by atoms with van der Waals surface area (Å²) in [7, 11) is 0. The number of hydrogen-bond acceptors (Lipinski definition) is 6. The van der Waals surface area contributed by atoms with Crippen molar-refractivity contribution in [2.24, 2.45) is 0 Å². The van der Waals surface area contributed by atoms with E-state index in [1.807, 2.05) is 12.1 Å². The number of nitro groups is 1. The van der Waals surface area contributed by atoms with Gasteiger partial charge in [0.05, 0.1) is 17.6 Å². The van der Waals surface area contributed by atoms with Crippen molar-refractivity contribution in [2.75, 3.05) is 11.9 Å². The molecule has 0 aliphatic carbocycles. The van der Waals surface area contributed by atoms with E-state index in [1.54, 1.807) is 18.2 Å². The van der Waals surface area contributed by atoms with Crippen molar-refractivity contribution in [3.8, 4) is 11.5 Å². The van der Waals surface area contributed by atoms with Gasteiger partial charge in [0, 0.05) is 11.4 Å². The van der Waals surface area contributed by atoms with E-state index in [-0.39, 0.29) is 12.3 Å². The molecule has 3 aromatic rings. The van der Waals surface area contributed by atoms with Gasteiger partial charge in [-0.1, -0.05) is 28.1 Å². The molecule has 3 rings (SSSR count). The second-order valence-corrected chi connectivity index (χ2v) is 5.94. The number of fused-ring (bicyclic) bond motifs is 1. The van der Waals surface area contributed by atoms with Crippen LogP contribution in [0.1, 0.15) is 12.3 Å². The number of alkyl halides is 1. The van der Waals surface area contributed by atoms with Crippen molar-refractivity contribution in [3.63, 3.8) is 0 Å². The number of rotatable bonds is 8. The lowest BCUT2D eigenvalue weighted by Gasteiger charge is -2.04. The van der Waals surface area contributed by atoms with E-state index in [0.717, 1.165) is 11.8 Å². The third kappa shape index (κ3) is 4.27. The van der Waals surface area contributed by atoms with Crippen LogP contribution in [0, 0.1) is 10.1 Å². The topological polar surface area (TPSA) is 87.6 Å². The van der Waals surface area contributed by atoms with E-state index < -0.39 is 4.92 Å². The SMILES string of the molecule is O=[N+]([O-])c1cccc(OCc2nc3c(OCCCBr)cccc3o2)c1. The standard InChI is InChI=1S/C17H15BrN2O5/c18-8-3-9-23-14-6-2-7-15-17(14)19-16(25-15)11-24-13-5-1-4-12(10-13)20(21)22/h1-2,4-7,10H,3,8-9,11H2. The largest absolute Gasteiger partial charge is 0.491 e. The van der Waals surface area contributed by atoms with E-state index in [1.165, 1.54) is 12.1 Å². The summed E-state index contributed by atoms with van der Waals surface area (Å²) in [5, 5.41) is 11.7. The number of para-hydroxylation sites is 1. The minimum atomic E-state index is -0.469. The molecular formula is C17H15BrN2O5. The first-order valence-corrected chi connectivity index (χ1v) is 8.74. The van der Waals surface area contributed by atoms with Crippen molar-refractivity contribution < 1.29 is 18.8 Å². The molecular weight excluding hydrogens is 392 g/mol. The molecule has 1 aromatic heterocycles. The van der Waals surface area contributed by atoms with Crippen LogP contribution in [0.3, 0.4) is 0 Å². The van der Waals surface area contributed by atoms with Crippen LogP contribution in [0.2, 0.25) is 0 Å². The van der Waals surface area contributed by atoms with Crippen molar-refractivity contribution in [3.05, 3.63) is 58.5 Å². The first-order chi connectivity index (χ1) is 12.2. The minimum Gasteiger partial charge on any atom is -0.491 e. The molecule has 0 aliphatic heterocycles. The summed E-state index contributed by atoms with van der Waals surface area (Å²) < 4.78 is 16.9. The molecule has 0 bridgehead atoms. The van der Waals surface area contributed by atoms with Crippen molar-refractivity contribution in [1.29, 1.82) is 0 Å². The number of ether oxygens (including phenoxy) is 2. The van der Waals surface area contributed by atoms with Crippen LogP contribution in [0.25, 0.3) is 11.1 Å². The molecule has 8 heteroatoms. The van der Waals surface area contributed by atoms with E-state index in [4.69, 9.17) is 13.9 Å². The first kappa shape index (κ1) is 17.2. The van der Waals surface area contributed by atoms with E-state index in [2.05, 4.69) is 20.9 Å². The van der Waals surface area contributed by atoms with Crippen LogP contribution < -0.4 is 9.47 Å². The monoisotopic (exact) mass is 406 g/mol. The fourth-order valence-corrected chi connectivity index (χ4v) is 2.44. The highest BCUT2D eigenvalue weighted by Crippen LogP contribution is 2.27. The van der Waals surface area contributed by atoms with Gasteiger partial charge in [-0.25, -0.2) is 4.98 Å². The van der Waals surface area contributed by atoms with Gasteiger partial charge in [0.25, 0.3) is 5.69 Å². The van der Waals surface area contributed by atoms with Gasteiger partial charge >= 0.3 is 0 Å². The van der Waals surface area contributed by atoms with E-state index in [9.17, 15) is 10.1 Å². The Kier molecular flexibility index (Phi) is 5.49. The summed E-state index contributed by atoms with van der Waals surface area (Å²) in [4.78, 5) is 14.7. The Labute approximate surface area is 151 Å². The lowest BCUT2D eigenvalue weighted by molar-refractivity contribution is -0.384. The van der Waals surface area contributed by atoms with Crippen LogP contribution in [0.5, 0.6) is 11.5 Å². The molecule has 0 aliphatic rings. The van der Waals surface area contributed by atoms with Crippen molar-refractivity contribution in [1.82, 2.24) is 4.98 Å². The average Bonchev–Trinajstić information content (AvgIpc) is 3.04. The van der Waals surface area contributed by atoms with Crippen LogP contribution in [-0.2, 0) is 6.61 Å². The third-order valence-electron chi connectivity index (χ3n) is 3.35. The number of nitrogens with zero attached hydrogens (tertiary/aromatic N) is 2. The van der Waals surface area contributed by atoms with Gasteiger partial charge in [-0.05, 0) is 24.6 Å². The highest BCUT2D eigenvalue weighted by atomic mass is 79.9. The first-order valence-electron chi connectivity index (χ1n) is 7.62. The number of non-ortho nitro benzene ring substituents is 1. The normalized spacial score (nSPS) is 10.8. The Hall–Kier alpha value is -2.61. The summed E-state index contributed by atoms with van der Waals surface area (Å²) >= 11 is 3.36. The molecule has 0 unspecified atom stereocenters. The second kappa shape index (κ2) is 7.98. The van der Waals surface area contributed by atoms with Gasteiger partial charge in [0.2, 0.25) is 5.89 Å². The fraction of sp³-hybridized carbons (Fsp3) is 0.235. The lowest BCUT2D eigenvalue weighted by atomic mass is 10.3. The molecule has 130 valence electrons. The Morgan fingerprint density at radius 2 is 2.04 bits per heavy atom. The predicted octanol–water partition coefficient (Wildman–Crippen LogP) is 4.48. The highest BCUT2D eigenvalue weighted by Gasteiger charge is 2.12. The van der Waals surface area contributed by atoms with Crippen molar-refractivity contribution >= 4 is 32.7 Å². The molecule has 0 fully saturated rings. The van der Waals surface area contributed by atoms with Crippen LogP contribution in [0.4, 0.5) is 5.69 Å².